The number of carbonyl (C=O) groups is 1. The fourth-order valence-corrected chi connectivity index (χ4v) is 2.38. The lowest BCUT2D eigenvalue weighted by atomic mass is 9.89. The summed E-state index contributed by atoms with van der Waals surface area (Å²) < 4.78 is 0. The Morgan fingerprint density at radius 1 is 1.43 bits per heavy atom. The summed E-state index contributed by atoms with van der Waals surface area (Å²) in [4.78, 5) is 16.3. The quantitative estimate of drug-likeness (QED) is 0.793. The van der Waals surface area contributed by atoms with E-state index < -0.39 is 6.10 Å². The number of aryl methyl sites for hydroxylation is 1. The first-order valence-corrected chi connectivity index (χ1v) is 7.72. The van der Waals surface area contributed by atoms with E-state index >= 15 is 0 Å². The molecule has 1 rings (SSSR count). The molecule has 0 saturated carbocycles. The van der Waals surface area contributed by atoms with Crippen LogP contribution in [0.1, 0.15) is 56.6 Å². The van der Waals surface area contributed by atoms with Crippen molar-refractivity contribution in [3.05, 3.63) is 28.5 Å². The van der Waals surface area contributed by atoms with Gasteiger partial charge >= 0.3 is 0 Å². The van der Waals surface area contributed by atoms with Crippen molar-refractivity contribution in [2.45, 2.75) is 53.1 Å². The lowest BCUT2D eigenvalue weighted by Gasteiger charge is -2.22. The number of halogens is 1. The minimum atomic E-state index is -0.554. The van der Waals surface area contributed by atoms with Crippen LogP contribution in [0.4, 0.5) is 0 Å². The number of aromatic nitrogens is 1. The fraction of sp³-hybridized carbons (Fsp3) is 0.625. The number of aliphatic hydroxyl groups excluding tert-OH is 1. The Labute approximate surface area is 131 Å². The zero-order chi connectivity index (χ0) is 16.0. The molecule has 0 fully saturated rings. The highest BCUT2D eigenvalue weighted by Gasteiger charge is 2.17. The molecule has 21 heavy (non-hydrogen) atoms. The first-order chi connectivity index (χ1) is 9.71. The molecule has 5 heteroatoms. The standard InChI is InChI=1S/C16H25ClN2O2/c1-5-6-12-7-11(8-14(17)19-12)15(21)18-10-13(20)9-16(2,3)4/h7-8,13,20H,5-6,9-10H2,1-4H3,(H,18,21). The maximum Gasteiger partial charge on any atom is 0.251 e. The molecule has 0 saturated heterocycles. The van der Waals surface area contributed by atoms with E-state index in [1.165, 1.54) is 0 Å². The minimum absolute atomic E-state index is 0.0262. The number of aliphatic hydroxyl groups is 1. The summed E-state index contributed by atoms with van der Waals surface area (Å²) in [5, 5.41) is 13.0. The molecule has 1 aromatic rings. The zero-order valence-corrected chi connectivity index (χ0v) is 14.0. The minimum Gasteiger partial charge on any atom is -0.391 e. The van der Waals surface area contributed by atoms with Gasteiger partial charge in [-0.25, -0.2) is 4.98 Å². The third-order valence-electron chi connectivity index (χ3n) is 2.96. The van der Waals surface area contributed by atoms with E-state index in [-0.39, 0.29) is 17.9 Å². The maximum atomic E-state index is 12.1. The number of pyridine rings is 1. The summed E-state index contributed by atoms with van der Waals surface area (Å²) in [6.45, 7) is 8.44. The van der Waals surface area contributed by atoms with Gasteiger partial charge in [-0.2, -0.15) is 0 Å². The number of nitrogens with zero attached hydrogens (tertiary/aromatic N) is 1. The molecule has 1 aromatic heterocycles. The molecule has 1 atom stereocenters. The predicted molar refractivity (Wildman–Crippen MR) is 85.7 cm³/mol. The maximum absolute atomic E-state index is 12.1. The highest BCUT2D eigenvalue weighted by molar-refractivity contribution is 6.29. The largest absolute Gasteiger partial charge is 0.391 e. The fourth-order valence-electron chi connectivity index (χ4n) is 2.16. The summed E-state index contributed by atoms with van der Waals surface area (Å²) in [6, 6.07) is 3.30. The molecule has 0 aliphatic carbocycles. The third-order valence-corrected chi connectivity index (χ3v) is 3.16. The smallest absolute Gasteiger partial charge is 0.251 e. The molecule has 1 heterocycles. The number of hydrogen-bond donors (Lipinski definition) is 2. The summed E-state index contributed by atoms with van der Waals surface area (Å²) in [7, 11) is 0. The number of hydrogen-bond acceptors (Lipinski definition) is 3. The van der Waals surface area contributed by atoms with Crippen molar-refractivity contribution in [1.82, 2.24) is 10.3 Å². The molecule has 4 nitrogen and oxygen atoms in total. The Kier molecular flexibility index (Phi) is 6.62. The van der Waals surface area contributed by atoms with Gasteiger partial charge in [0.1, 0.15) is 5.15 Å². The van der Waals surface area contributed by atoms with E-state index in [2.05, 4.69) is 31.1 Å². The molecule has 0 bridgehead atoms. The van der Waals surface area contributed by atoms with E-state index in [1.54, 1.807) is 12.1 Å². The Morgan fingerprint density at radius 3 is 2.67 bits per heavy atom. The molecule has 118 valence electrons. The van der Waals surface area contributed by atoms with Gasteiger partial charge in [-0.15, -0.1) is 0 Å². The van der Waals surface area contributed by atoms with Crippen LogP contribution in [0.5, 0.6) is 0 Å². The molecule has 1 amide bonds. The van der Waals surface area contributed by atoms with Gasteiger partial charge in [0.25, 0.3) is 5.91 Å². The second-order valence-electron chi connectivity index (χ2n) is 6.55. The monoisotopic (exact) mass is 312 g/mol. The van der Waals surface area contributed by atoms with E-state index in [9.17, 15) is 9.90 Å². The Balaban J connectivity index is 2.63. The summed E-state index contributed by atoms with van der Waals surface area (Å²) >= 11 is 5.94. The number of amides is 1. The highest BCUT2D eigenvalue weighted by Crippen LogP contribution is 2.20. The molecule has 0 aliphatic rings. The van der Waals surface area contributed by atoms with Crippen molar-refractivity contribution in [2.24, 2.45) is 5.41 Å². The van der Waals surface area contributed by atoms with Crippen LogP contribution in [-0.2, 0) is 6.42 Å². The topological polar surface area (TPSA) is 62.2 Å². The molecule has 1 unspecified atom stereocenters. The van der Waals surface area contributed by atoms with Crippen LogP contribution in [0.25, 0.3) is 0 Å². The van der Waals surface area contributed by atoms with Crippen molar-refractivity contribution in [3.8, 4) is 0 Å². The summed E-state index contributed by atoms with van der Waals surface area (Å²) in [5.74, 6) is -0.232. The lowest BCUT2D eigenvalue weighted by Crippen LogP contribution is -2.34. The van der Waals surface area contributed by atoms with Crippen LogP contribution < -0.4 is 5.32 Å². The van der Waals surface area contributed by atoms with Gasteiger partial charge < -0.3 is 10.4 Å². The van der Waals surface area contributed by atoms with Crippen LogP contribution in [0.3, 0.4) is 0 Å². The Morgan fingerprint density at radius 2 is 2.10 bits per heavy atom. The van der Waals surface area contributed by atoms with Gasteiger partial charge in [-0.3, -0.25) is 4.79 Å². The first-order valence-electron chi connectivity index (χ1n) is 7.34. The molecule has 0 spiro atoms. The summed E-state index contributed by atoms with van der Waals surface area (Å²) in [5.41, 5.74) is 1.32. The SMILES string of the molecule is CCCc1cc(C(=O)NCC(O)CC(C)(C)C)cc(Cl)n1. The van der Waals surface area contributed by atoms with E-state index in [0.717, 1.165) is 18.5 Å². The Hall–Kier alpha value is -1.13. The van der Waals surface area contributed by atoms with Crippen molar-refractivity contribution >= 4 is 17.5 Å². The molecular formula is C16H25ClN2O2. The second kappa shape index (κ2) is 7.76. The average Bonchev–Trinajstić information content (AvgIpc) is 2.33. The van der Waals surface area contributed by atoms with Gasteiger partial charge in [-0.05, 0) is 30.4 Å². The van der Waals surface area contributed by atoms with Crippen LogP contribution >= 0.6 is 11.6 Å². The van der Waals surface area contributed by atoms with Crippen LogP contribution in [0, 0.1) is 5.41 Å². The van der Waals surface area contributed by atoms with Gasteiger partial charge in [0.05, 0.1) is 6.10 Å². The van der Waals surface area contributed by atoms with Crippen molar-refractivity contribution in [1.29, 1.82) is 0 Å². The number of rotatable bonds is 6. The normalized spacial score (nSPS) is 13.0. The molecule has 0 radical (unpaired) electrons. The zero-order valence-electron chi connectivity index (χ0n) is 13.2. The first kappa shape index (κ1) is 17.9. The van der Waals surface area contributed by atoms with Gasteiger partial charge in [0.15, 0.2) is 0 Å². The summed E-state index contributed by atoms with van der Waals surface area (Å²) in [6.07, 6.45) is 1.80. The van der Waals surface area contributed by atoms with Gasteiger partial charge in [-0.1, -0.05) is 45.7 Å². The van der Waals surface area contributed by atoms with Crippen molar-refractivity contribution in [2.75, 3.05) is 6.54 Å². The van der Waals surface area contributed by atoms with E-state index in [1.807, 2.05) is 6.92 Å². The van der Waals surface area contributed by atoms with E-state index in [0.29, 0.717) is 17.1 Å². The lowest BCUT2D eigenvalue weighted by molar-refractivity contribution is 0.0868. The van der Waals surface area contributed by atoms with E-state index in [4.69, 9.17) is 11.6 Å². The number of carbonyl (C=O) groups excluding carboxylic acids is 1. The predicted octanol–water partition coefficient (Wildman–Crippen LogP) is 3.21. The second-order valence-corrected chi connectivity index (χ2v) is 6.94. The van der Waals surface area contributed by atoms with Crippen LogP contribution in [0.15, 0.2) is 12.1 Å². The van der Waals surface area contributed by atoms with Gasteiger partial charge in [0, 0.05) is 17.8 Å². The molecule has 0 aliphatic heterocycles. The molecular weight excluding hydrogens is 288 g/mol. The van der Waals surface area contributed by atoms with Gasteiger partial charge in [0.2, 0.25) is 0 Å². The number of nitrogens with one attached hydrogen (secondary N) is 1. The third kappa shape index (κ3) is 6.91. The molecule has 2 N–H and O–H groups in total. The van der Waals surface area contributed by atoms with Crippen LogP contribution in [0.2, 0.25) is 5.15 Å². The van der Waals surface area contributed by atoms with Crippen LogP contribution in [-0.4, -0.2) is 28.6 Å². The average molecular weight is 313 g/mol. The van der Waals surface area contributed by atoms with Crippen molar-refractivity contribution in [3.63, 3.8) is 0 Å². The highest BCUT2D eigenvalue weighted by atomic mass is 35.5. The Bertz CT molecular complexity index is 484. The molecule has 0 aromatic carbocycles. The van der Waals surface area contributed by atoms with Crippen molar-refractivity contribution < 1.29 is 9.90 Å².